The smallest absolute Gasteiger partial charge is 0.248 e. The first-order chi connectivity index (χ1) is 18.0. The Bertz CT molecular complexity index is 1260. The van der Waals surface area contributed by atoms with Crippen molar-refractivity contribution in [2.45, 2.75) is 32.8 Å². The molecule has 0 bridgehead atoms. The molecule has 1 aliphatic rings. The first-order valence-electron chi connectivity index (χ1n) is 12.4. The van der Waals surface area contributed by atoms with Crippen molar-refractivity contribution in [1.82, 2.24) is 14.9 Å². The Morgan fingerprint density at radius 2 is 2.00 bits per heavy atom. The van der Waals surface area contributed by atoms with E-state index in [0.29, 0.717) is 53.6 Å². The van der Waals surface area contributed by atoms with E-state index in [1.807, 2.05) is 6.08 Å². The Morgan fingerprint density at radius 3 is 2.73 bits per heavy atom. The summed E-state index contributed by atoms with van der Waals surface area (Å²) in [6, 6.07) is 7.92. The molecule has 196 valence electrons. The Hall–Kier alpha value is -3.27. The van der Waals surface area contributed by atoms with Crippen molar-refractivity contribution in [3.8, 4) is 5.75 Å². The number of nitrogens with zero attached hydrogens (tertiary/aromatic N) is 3. The molecule has 3 aromatic rings. The van der Waals surface area contributed by atoms with Crippen molar-refractivity contribution in [2.75, 3.05) is 43.5 Å². The molecule has 1 fully saturated rings. The number of nitrogens with one attached hydrogen (secondary N) is 2. The summed E-state index contributed by atoms with van der Waals surface area (Å²) in [6.45, 7) is 7.93. The highest BCUT2D eigenvalue weighted by Crippen LogP contribution is 2.35. The van der Waals surface area contributed by atoms with Gasteiger partial charge in [-0.25, -0.2) is 14.4 Å². The maximum absolute atomic E-state index is 13.6. The second kappa shape index (κ2) is 12.8. The third-order valence-electron chi connectivity index (χ3n) is 6.17. The van der Waals surface area contributed by atoms with Crippen LogP contribution < -0.4 is 15.4 Å². The molecular formula is C27H31ClFN5O3. The third kappa shape index (κ3) is 7.15. The number of rotatable bonds is 10. The van der Waals surface area contributed by atoms with Crippen molar-refractivity contribution in [3.63, 3.8) is 0 Å². The zero-order valence-corrected chi connectivity index (χ0v) is 21.7. The van der Waals surface area contributed by atoms with Gasteiger partial charge in [0.15, 0.2) is 0 Å². The standard InChI is InChI=1S/C27H31ClFN5O3/c1-3-34(4-2)11-5-6-26(35)33-24-15-20-23(16-25(24)37-19-9-12-36-13-10-19)30-17-31-27(20)32-18-7-8-22(29)21(28)14-18/h5-8,14-17,19H,3-4,9-13H2,1-2H3,(H,33,35)(H,30,31,32). The molecule has 10 heteroatoms. The Morgan fingerprint density at radius 1 is 1.22 bits per heavy atom. The largest absolute Gasteiger partial charge is 0.488 e. The number of fused-ring (bicyclic) bond motifs is 1. The van der Waals surface area contributed by atoms with Gasteiger partial charge in [0.25, 0.3) is 0 Å². The second-order valence-corrected chi connectivity index (χ2v) is 9.06. The minimum Gasteiger partial charge on any atom is -0.488 e. The van der Waals surface area contributed by atoms with Crippen molar-refractivity contribution < 1.29 is 18.7 Å². The average molecular weight is 528 g/mol. The monoisotopic (exact) mass is 527 g/mol. The lowest BCUT2D eigenvalue weighted by Gasteiger charge is -2.25. The predicted octanol–water partition coefficient (Wildman–Crippen LogP) is 5.56. The maximum Gasteiger partial charge on any atom is 0.248 e. The number of carbonyl (C=O) groups is 1. The molecule has 0 radical (unpaired) electrons. The molecule has 0 saturated carbocycles. The summed E-state index contributed by atoms with van der Waals surface area (Å²) in [6.07, 6.45) is 6.30. The van der Waals surface area contributed by atoms with Gasteiger partial charge in [-0.15, -0.1) is 0 Å². The summed E-state index contributed by atoms with van der Waals surface area (Å²) in [5.41, 5.74) is 1.70. The minimum atomic E-state index is -0.506. The normalized spacial score (nSPS) is 14.4. The van der Waals surface area contributed by atoms with Crippen LogP contribution >= 0.6 is 11.6 Å². The van der Waals surface area contributed by atoms with Gasteiger partial charge in [-0.1, -0.05) is 31.5 Å². The van der Waals surface area contributed by atoms with Crippen LogP contribution in [0.5, 0.6) is 5.75 Å². The van der Waals surface area contributed by atoms with Crippen LogP contribution in [-0.2, 0) is 9.53 Å². The number of benzene rings is 2. The summed E-state index contributed by atoms with van der Waals surface area (Å²) >= 11 is 5.94. The zero-order chi connectivity index (χ0) is 26.2. The Labute approximate surface area is 220 Å². The fourth-order valence-corrected chi connectivity index (χ4v) is 4.21. The van der Waals surface area contributed by atoms with Crippen LogP contribution in [0.4, 0.5) is 21.6 Å². The molecule has 0 unspecified atom stereocenters. The summed E-state index contributed by atoms with van der Waals surface area (Å²) < 4.78 is 25.4. The van der Waals surface area contributed by atoms with Gasteiger partial charge < -0.3 is 25.0 Å². The average Bonchev–Trinajstić information content (AvgIpc) is 2.90. The molecular weight excluding hydrogens is 497 g/mol. The first-order valence-corrected chi connectivity index (χ1v) is 12.8. The van der Waals surface area contributed by atoms with Crippen LogP contribution in [0.2, 0.25) is 5.02 Å². The van der Waals surface area contributed by atoms with Crippen molar-refractivity contribution in [3.05, 3.63) is 59.7 Å². The van der Waals surface area contributed by atoms with Crippen molar-refractivity contribution in [1.29, 1.82) is 0 Å². The molecule has 8 nitrogen and oxygen atoms in total. The van der Waals surface area contributed by atoms with E-state index < -0.39 is 5.82 Å². The molecule has 0 aliphatic carbocycles. The highest BCUT2D eigenvalue weighted by Gasteiger charge is 2.19. The van der Waals surface area contributed by atoms with Gasteiger partial charge in [-0.2, -0.15) is 0 Å². The summed E-state index contributed by atoms with van der Waals surface area (Å²) in [5.74, 6) is 0.242. The second-order valence-electron chi connectivity index (χ2n) is 8.65. The molecule has 0 spiro atoms. The van der Waals surface area contributed by atoms with Gasteiger partial charge in [0, 0.05) is 42.6 Å². The van der Waals surface area contributed by atoms with E-state index in [1.165, 1.54) is 24.5 Å². The quantitative estimate of drug-likeness (QED) is 0.334. The van der Waals surface area contributed by atoms with E-state index in [0.717, 1.165) is 25.9 Å². The number of hydrogen-bond donors (Lipinski definition) is 2. The number of halogens is 2. The molecule has 1 saturated heterocycles. The van der Waals surface area contributed by atoms with Gasteiger partial charge in [0.05, 0.1) is 29.4 Å². The van der Waals surface area contributed by atoms with Crippen molar-refractivity contribution >= 4 is 45.6 Å². The predicted molar refractivity (Wildman–Crippen MR) is 144 cm³/mol. The molecule has 1 amide bonds. The summed E-state index contributed by atoms with van der Waals surface area (Å²) in [4.78, 5) is 23.8. The number of amides is 1. The fraction of sp³-hybridized carbons (Fsp3) is 0.370. The van der Waals surface area contributed by atoms with Gasteiger partial charge in [-0.3, -0.25) is 4.79 Å². The SMILES string of the molecule is CCN(CC)CC=CC(=O)Nc1cc2c(Nc3ccc(F)c(Cl)c3)ncnc2cc1OC1CCOCC1. The lowest BCUT2D eigenvalue weighted by Crippen LogP contribution is -2.26. The van der Waals surface area contributed by atoms with Crippen molar-refractivity contribution in [2.24, 2.45) is 0 Å². The lowest BCUT2D eigenvalue weighted by molar-refractivity contribution is -0.112. The fourth-order valence-electron chi connectivity index (χ4n) is 4.03. The summed E-state index contributed by atoms with van der Waals surface area (Å²) in [7, 11) is 0. The maximum atomic E-state index is 13.6. The van der Waals surface area contributed by atoms with Crippen LogP contribution in [0.3, 0.4) is 0 Å². The third-order valence-corrected chi connectivity index (χ3v) is 6.46. The van der Waals surface area contributed by atoms with Crippen LogP contribution in [0, 0.1) is 5.82 Å². The number of anilines is 3. The van der Waals surface area contributed by atoms with Crippen LogP contribution in [0.25, 0.3) is 10.9 Å². The van der Waals surface area contributed by atoms with Gasteiger partial charge >= 0.3 is 0 Å². The molecule has 0 atom stereocenters. The van der Waals surface area contributed by atoms with Gasteiger partial charge in [0.2, 0.25) is 5.91 Å². The number of ether oxygens (including phenoxy) is 2. The number of likely N-dealkylation sites (N-methyl/N-ethyl adjacent to an activating group) is 1. The molecule has 2 aromatic carbocycles. The molecule has 2 heterocycles. The molecule has 1 aliphatic heterocycles. The van der Waals surface area contributed by atoms with Crippen LogP contribution in [-0.4, -0.2) is 59.7 Å². The van der Waals surface area contributed by atoms with E-state index in [4.69, 9.17) is 21.1 Å². The van der Waals surface area contributed by atoms with Crippen LogP contribution in [0.1, 0.15) is 26.7 Å². The zero-order valence-electron chi connectivity index (χ0n) is 21.0. The molecule has 1 aromatic heterocycles. The molecule has 37 heavy (non-hydrogen) atoms. The first kappa shape index (κ1) is 26.8. The molecule has 2 N–H and O–H groups in total. The van der Waals surface area contributed by atoms with E-state index in [-0.39, 0.29) is 17.0 Å². The Kier molecular flexibility index (Phi) is 9.27. The minimum absolute atomic E-state index is 0.0000364. The topological polar surface area (TPSA) is 88.6 Å². The highest BCUT2D eigenvalue weighted by atomic mass is 35.5. The van der Waals surface area contributed by atoms with Crippen LogP contribution in [0.15, 0.2) is 48.8 Å². The highest BCUT2D eigenvalue weighted by molar-refractivity contribution is 6.31. The van der Waals surface area contributed by atoms with Gasteiger partial charge in [-0.05, 0) is 37.4 Å². The van der Waals surface area contributed by atoms with E-state index in [2.05, 4.69) is 39.3 Å². The number of aromatic nitrogens is 2. The number of carbonyl (C=O) groups excluding carboxylic acids is 1. The summed E-state index contributed by atoms with van der Waals surface area (Å²) in [5, 5.41) is 6.78. The van der Waals surface area contributed by atoms with Gasteiger partial charge in [0.1, 0.15) is 29.8 Å². The van der Waals surface area contributed by atoms with E-state index in [9.17, 15) is 9.18 Å². The van der Waals surface area contributed by atoms with E-state index in [1.54, 1.807) is 18.2 Å². The lowest BCUT2D eigenvalue weighted by atomic mass is 10.1. The number of hydrogen-bond acceptors (Lipinski definition) is 7. The molecule has 4 rings (SSSR count). The van der Waals surface area contributed by atoms with E-state index >= 15 is 0 Å². The Balaban J connectivity index is 1.64.